The highest BCUT2D eigenvalue weighted by molar-refractivity contribution is 5.88. The molecule has 0 fully saturated rings. The average molecular weight is 251 g/mol. The van der Waals surface area contributed by atoms with Crippen LogP contribution < -0.4 is 0 Å². The Morgan fingerprint density at radius 1 is 1.05 bits per heavy atom. The lowest BCUT2D eigenvalue weighted by atomic mass is 9.79. The molecule has 0 N–H and O–H groups in total. The Kier molecular flexibility index (Phi) is 3.41. The van der Waals surface area contributed by atoms with Gasteiger partial charge in [0.1, 0.15) is 5.78 Å². The van der Waals surface area contributed by atoms with E-state index in [1.54, 1.807) is 0 Å². The van der Waals surface area contributed by atoms with Crippen LogP contribution in [-0.2, 0) is 17.6 Å². The van der Waals surface area contributed by atoms with Gasteiger partial charge in [-0.15, -0.1) is 0 Å². The fourth-order valence-corrected chi connectivity index (χ4v) is 2.86. The van der Waals surface area contributed by atoms with Gasteiger partial charge in [0.05, 0.1) is 0 Å². The fraction of sp³-hybridized carbons (Fsp3) is 0.294. The maximum atomic E-state index is 12.2. The summed E-state index contributed by atoms with van der Waals surface area (Å²) in [4.78, 5) is 16.5. The van der Waals surface area contributed by atoms with Crippen LogP contribution in [0, 0.1) is 0 Å². The highest BCUT2D eigenvalue weighted by atomic mass is 16.1. The summed E-state index contributed by atoms with van der Waals surface area (Å²) in [7, 11) is 0. The van der Waals surface area contributed by atoms with Gasteiger partial charge in [-0.05, 0) is 42.5 Å². The standard InChI is InChI=1S/C17H17NO/c19-17-11-8-13-5-1-2-7-15(13)16(17)10-9-14-6-3-4-12-18-14/h1-7,12,16H,8-11H2. The molecule has 0 bridgehead atoms. The Morgan fingerprint density at radius 2 is 1.89 bits per heavy atom. The summed E-state index contributed by atoms with van der Waals surface area (Å²) < 4.78 is 0. The number of pyridine rings is 1. The van der Waals surface area contributed by atoms with Gasteiger partial charge in [0.25, 0.3) is 0 Å². The van der Waals surface area contributed by atoms with E-state index in [2.05, 4.69) is 23.2 Å². The van der Waals surface area contributed by atoms with Crippen molar-refractivity contribution < 1.29 is 4.79 Å². The Morgan fingerprint density at radius 3 is 2.74 bits per heavy atom. The zero-order chi connectivity index (χ0) is 13.1. The number of hydrogen-bond acceptors (Lipinski definition) is 2. The highest BCUT2D eigenvalue weighted by Gasteiger charge is 2.26. The van der Waals surface area contributed by atoms with Crippen LogP contribution in [0.15, 0.2) is 48.7 Å². The van der Waals surface area contributed by atoms with Crippen LogP contribution in [0.25, 0.3) is 0 Å². The van der Waals surface area contributed by atoms with Crippen LogP contribution in [0.2, 0.25) is 0 Å². The number of nitrogens with zero attached hydrogens (tertiary/aromatic N) is 1. The Bertz CT molecular complexity index is 577. The maximum Gasteiger partial charge on any atom is 0.140 e. The van der Waals surface area contributed by atoms with Crippen molar-refractivity contribution in [2.45, 2.75) is 31.6 Å². The lowest BCUT2D eigenvalue weighted by Gasteiger charge is -2.24. The van der Waals surface area contributed by atoms with Crippen molar-refractivity contribution in [3.63, 3.8) is 0 Å². The predicted octanol–water partition coefficient (Wildman–Crippen LogP) is 3.31. The zero-order valence-electron chi connectivity index (χ0n) is 10.9. The molecule has 1 aliphatic rings. The number of aromatic nitrogens is 1. The van der Waals surface area contributed by atoms with Gasteiger partial charge in [0.15, 0.2) is 0 Å². The predicted molar refractivity (Wildman–Crippen MR) is 75.1 cm³/mol. The summed E-state index contributed by atoms with van der Waals surface area (Å²) in [6, 6.07) is 14.3. The van der Waals surface area contributed by atoms with Crippen LogP contribution in [0.3, 0.4) is 0 Å². The molecule has 2 nitrogen and oxygen atoms in total. The highest BCUT2D eigenvalue weighted by Crippen LogP contribution is 2.32. The van der Waals surface area contributed by atoms with Crippen molar-refractivity contribution in [1.29, 1.82) is 0 Å². The number of carbonyl (C=O) groups is 1. The number of hydrogen-bond donors (Lipinski definition) is 0. The van der Waals surface area contributed by atoms with Gasteiger partial charge in [0.2, 0.25) is 0 Å². The molecular formula is C17H17NO. The molecule has 2 aromatic rings. The van der Waals surface area contributed by atoms with Crippen molar-refractivity contribution >= 4 is 5.78 Å². The molecule has 1 aromatic heterocycles. The Labute approximate surface area is 113 Å². The van der Waals surface area contributed by atoms with E-state index in [-0.39, 0.29) is 5.92 Å². The van der Waals surface area contributed by atoms with E-state index in [4.69, 9.17) is 0 Å². The average Bonchev–Trinajstić information content (AvgIpc) is 2.47. The van der Waals surface area contributed by atoms with Gasteiger partial charge in [-0.3, -0.25) is 9.78 Å². The van der Waals surface area contributed by atoms with E-state index in [0.717, 1.165) is 25.0 Å². The lowest BCUT2D eigenvalue weighted by molar-refractivity contribution is -0.121. The molecule has 0 spiro atoms. The van der Waals surface area contributed by atoms with E-state index < -0.39 is 0 Å². The molecule has 19 heavy (non-hydrogen) atoms. The van der Waals surface area contributed by atoms with E-state index in [9.17, 15) is 4.79 Å². The van der Waals surface area contributed by atoms with Gasteiger partial charge in [-0.25, -0.2) is 0 Å². The summed E-state index contributed by atoms with van der Waals surface area (Å²) in [5.41, 5.74) is 3.64. The molecule has 0 saturated heterocycles. The fourth-order valence-electron chi connectivity index (χ4n) is 2.86. The molecule has 96 valence electrons. The van der Waals surface area contributed by atoms with Gasteiger partial charge in [-0.2, -0.15) is 0 Å². The van der Waals surface area contributed by atoms with Crippen LogP contribution in [0.5, 0.6) is 0 Å². The summed E-state index contributed by atoms with van der Waals surface area (Å²) in [6.07, 6.45) is 5.13. The summed E-state index contributed by atoms with van der Waals surface area (Å²) in [5.74, 6) is 0.446. The molecule has 1 unspecified atom stereocenters. The molecule has 0 saturated carbocycles. The van der Waals surface area contributed by atoms with Crippen molar-refractivity contribution in [2.75, 3.05) is 0 Å². The van der Waals surface area contributed by atoms with Crippen LogP contribution in [0.4, 0.5) is 0 Å². The van der Waals surface area contributed by atoms with Crippen LogP contribution in [-0.4, -0.2) is 10.8 Å². The number of fused-ring (bicyclic) bond motifs is 1. The van der Waals surface area contributed by atoms with Crippen LogP contribution >= 0.6 is 0 Å². The van der Waals surface area contributed by atoms with E-state index in [1.807, 2.05) is 30.5 Å². The third-order valence-electron chi connectivity index (χ3n) is 3.88. The van der Waals surface area contributed by atoms with Crippen molar-refractivity contribution in [2.24, 2.45) is 0 Å². The Hall–Kier alpha value is -1.96. The lowest BCUT2D eigenvalue weighted by Crippen LogP contribution is -2.21. The summed E-state index contributed by atoms with van der Waals surface area (Å²) >= 11 is 0. The third kappa shape index (κ3) is 2.58. The first kappa shape index (κ1) is 12.1. The van der Waals surface area contributed by atoms with Gasteiger partial charge < -0.3 is 0 Å². The molecule has 2 heteroatoms. The molecule has 3 rings (SSSR count). The second kappa shape index (κ2) is 5.35. The second-order valence-corrected chi connectivity index (χ2v) is 5.08. The minimum absolute atomic E-state index is 0.0620. The molecule has 0 radical (unpaired) electrons. The summed E-state index contributed by atoms with van der Waals surface area (Å²) in [5, 5.41) is 0. The number of carbonyl (C=O) groups excluding carboxylic acids is 1. The maximum absolute atomic E-state index is 12.2. The van der Waals surface area contributed by atoms with Crippen molar-refractivity contribution in [1.82, 2.24) is 4.98 Å². The monoisotopic (exact) mass is 251 g/mol. The smallest absolute Gasteiger partial charge is 0.140 e. The van der Waals surface area contributed by atoms with E-state index in [1.165, 1.54) is 11.1 Å². The van der Waals surface area contributed by atoms with Gasteiger partial charge in [0, 0.05) is 24.2 Å². The van der Waals surface area contributed by atoms with Crippen molar-refractivity contribution in [3.05, 3.63) is 65.5 Å². The molecule has 1 atom stereocenters. The first-order chi connectivity index (χ1) is 9.34. The van der Waals surface area contributed by atoms with Crippen molar-refractivity contribution in [3.8, 4) is 0 Å². The molecule has 0 amide bonds. The molecular weight excluding hydrogens is 234 g/mol. The minimum atomic E-state index is 0.0620. The quantitative estimate of drug-likeness (QED) is 0.837. The number of ketones is 1. The van der Waals surface area contributed by atoms with E-state index in [0.29, 0.717) is 12.2 Å². The Balaban J connectivity index is 1.79. The molecule has 0 aliphatic heterocycles. The first-order valence-electron chi connectivity index (χ1n) is 6.85. The molecule has 1 heterocycles. The largest absolute Gasteiger partial charge is 0.299 e. The van der Waals surface area contributed by atoms with E-state index >= 15 is 0 Å². The molecule has 1 aliphatic carbocycles. The first-order valence-corrected chi connectivity index (χ1v) is 6.85. The zero-order valence-corrected chi connectivity index (χ0v) is 10.9. The van der Waals surface area contributed by atoms with Gasteiger partial charge in [-0.1, -0.05) is 30.3 Å². The second-order valence-electron chi connectivity index (χ2n) is 5.08. The number of rotatable bonds is 3. The number of benzene rings is 1. The van der Waals surface area contributed by atoms with Gasteiger partial charge >= 0.3 is 0 Å². The number of Topliss-reactive ketones (excluding diaryl/α,β-unsaturated/α-hetero) is 1. The topological polar surface area (TPSA) is 30.0 Å². The normalized spacial score (nSPS) is 18.1. The summed E-state index contributed by atoms with van der Waals surface area (Å²) in [6.45, 7) is 0. The minimum Gasteiger partial charge on any atom is -0.299 e. The SMILES string of the molecule is O=C1CCc2ccccc2C1CCc1ccccn1. The van der Waals surface area contributed by atoms with Crippen LogP contribution in [0.1, 0.15) is 35.6 Å². The third-order valence-corrected chi connectivity index (χ3v) is 3.88. The number of aryl methyl sites for hydroxylation is 2. The molecule has 1 aromatic carbocycles.